The Morgan fingerprint density at radius 2 is 2.07 bits per heavy atom. The summed E-state index contributed by atoms with van der Waals surface area (Å²) in [5.41, 5.74) is 9.73. The molecular weight excluding hydrogens is 252 g/mol. The third-order valence-electron chi connectivity index (χ3n) is 2.20. The van der Waals surface area contributed by atoms with Crippen molar-refractivity contribution in [3.05, 3.63) is 46.6 Å². The fourth-order valence-corrected chi connectivity index (χ4v) is 1.63. The molecule has 3 heteroatoms. The van der Waals surface area contributed by atoms with Crippen LogP contribution in [0.25, 0.3) is 11.3 Å². The smallest absolute Gasteiger partial charge is 0.0723 e. The van der Waals surface area contributed by atoms with Crippen LogP contribution in [0, 0.1) is 6.92 Å². The van der Waals surface area contributed by atoms with E-state index in [4.69, 9.17) is 5.73 Å². The van der Waals surface area contributed by atoms with Gasteiger partial charge in [-0.2, -0.15) is 0 Å². The van der Waals surface area contributed by atoms with E-state index in [1.807, 2.05) is 18.2 Å². The summed E-state index contributed by atoms with van der Waals surface area (Å²) in [6.07, 6.45) is 1.73. The normalized spacial score (nSPS) is 10.3. The van der Waals surface area contributed by atoms with Crippen LogP contribution in [0.2, 0.25) is 0 Å². The predicted molar refractivity (Wildman–Crippen MR) is 66.5 cm³/mol. The SMILES string of the molecule is Cc1cccc(-c2cc(N)c(Br)cn2)c1. The van der Waals surface area contributed by atoms with Gasteiger partial charge in [-0.15, -0.1) is 0 Å². The van der Waals surface area contributed by atoms with Crippen LogP contribution < -0.4 is 5.73 Å². The summed E-state index contributed by atoms with van der Waals surface area (Å²) in [7, 11) is 0. The molecule has 1 aromatic heterocycles. The van der Waals surface area contributed by atoms with Crippen molar-refractivity contribution in [3.63, 3.8) is 0 Å². The summed E-state index contributed by atoms with van der Waals surface area (Å²) >= 11 is 3.33. The molecule has 0 saturated heterocycles. The van der Waals surface area contributed by atoms with E-state index in [0.29, 0.717) is 5.69 Å². The number of anilines is 1. The molecule has 0 fully saturated rings. The summed E-state index contributed by atoms with van der Waals surface area (Å²) in [5, 5.41) is 0. The van der Waals surface area contributed by atoms with Gasteiger partial charge in [-0.3, -0.25) is 4.98 Å². The number of hydrogen-bond acceptors (Lipinski definition) is 2. The van der Waals surface area contributed by atoms with Crippen molar-refractivity contribution >= 4 is 21.6 Å². The van der Waals surface area contributed by atoms with Crippen molar-refractivity contribution in [1.82, 2.24) is 4.98 Å². The fraction of sp³-hybridized carbons (Fsp3) is 0.0833. The molecule has 15 heavy (non-hydrogen) atoms. The van der Waals surface area contributed by atoms with Gasteiger partial charge in [-0.1, -0.05) is 23.8 Å². The van der Waals surface area contributed by atoms with Crippen LogP contribution >= 0.6 is 15.9 Å². The zero-order chi connectivity index (χ0) is 10.8. The molecule has 0 amide bonds. The zero-order valence-corrected chi connectivity index (χ0v) is 9.95. The van der Waals surface area contributed by atoms with E-state index in [1.165, 1.54) is 5.56 Å². The van der Waals surface area contributed by atoms with Crippen LogP contribution in [-0.4, -0.2) is 4.98 Å². The number of nitrogen functional groups attached to an aromatic ring is 1. The van der Waals surface area contributed by atoms with Gasteiger partial charge in [0.2, 0.25) is 0 Å². The molecule has 0 bridgehead atoms. The maximum atomic E-state index is 5.81. The Bertz CT molecular complexity index is 495. The molecule has 2 aromatic rings. The molecule has 0 atom stereocenters. The summed E-state index contributed by atoms with van der Waals surface area (Å²) < 4.78 is 0.832. The number of aromatic nitrogens is 1. The fourth-order valence-electron chi connectivity index (χ4n) is 1.42. The van der Waals surface area contributed by atoms with Crippen molar-refractivity contribution in [2.75, 3.05) is 5.73 Å². The molecule has 0 aliphatic heterocycles. The molecular formula is C12H11BrN2. The molecule has 1 heterocycles. The van der Waals surface area contributed by atoms with E-state index >= 15 is 0 Å². The molecule has 0 spiro atoms. The highest BCUT2D eigenvalue weighted by Gasteiger charge is 2.02. The van der Waals surface area contributed by atoms with Crippen molar-refractivity contribution in [3.8, 4) is 11.3 Å². The van der Waals surface area contributed by atoms with Gasteiger partial charge in [0.05, 0.1) is 10.2 Å². The van der Waals surface area contributed by atoms with E-state index in [2.05, 4.69) is 40.0 Å². The molecule has 2 rings (SSSR count). The first-order valence-electron chi connectivity index (χ1n) is 4.65. The summed E-state index contributed by atoms with van der Waals surface area (Å²) in [6.45, 7) is 2.06. The number of halogens is 1. The van der Waals surface area contributed by atoms with Crippen LogP contribution in [0.3, 0.4) is 0 Å². The Morgan fingerprint density at radius 1 is 1.27 bits per heavy atom. The molecule has 2 nitrogen and oxygen atoms in total. The number of benzene rings is 1. The molecule has 0 unspecified atom stereocenters. The van der Waals surface area contributed by atoms with Crippen molar-refractivity contribution in [2.24, 2.45) is 0 Å². The average molecular weight is 263 g/mol. The maximum absolute atomic E-state index is 5.81. The first kappa shape index (κ1) is 10.2. The minimum atomic E-state index is 0.710. The van der Waals surface area contributed by atoms with Crippen molar-refractivity contribution in [2.45, 2.75) is 6.92 Å². The Morgan fingerprint density at radius 3 is 2.73 bits per heavy atom. The number of aryl methyl sites for hydroxylation is 1. The molecule has 0 radical (unpaired) electrons. The van der Waals surface area contributed by atoms with Crippen LogP contribution in [-0.2, 0) is 0 Å². The van der Waals surface area contributed by atoms with Gasteiger partial charge in [0.15, 0.2) is 0 Å². The predicted octanol–water partition coefficient (Wildman–Crippen LogP) is 3.40. The van der Waals surface area contributed by atoms with Gasteiger partial charge >= 0.3 is 0 Å². The van der Waals surface area contributed by atoms with E-state index < -0.39 is 0 Å². The van der Waals surface area contributed by atoms with E-state index in [9.17, 15) is 0 Å². The highest BCUT2D eigenvalue weighted by Crippen LogP contribution is 2.24. The summed E-state index contributed by atoms with van der Waals surface area (Å²) in [6, 6.07) is 10.1. The van der Waals surface area contributed by atoms with Gasteiger partial charge in [-0.25, -0.2) is 0 Å². The zero-order valence-electron chi connectivity index (χ0n) is 8.37. The lowest BCUT2D eigenvalue weighted by Gasteiger charge is -2.04. The van der Waals surface area contributed by atoms with Gasteiger partial charge in [0.1, 0.15) is 0 Å². The van der Waals surface area contributed by atoms with Gasteiger partial charge in [0.25, 0.3) is 0 Å². The van der Waals surface area contributed by atoms with E-state index in [-0.39, 0.29) is 0 Å². The number of rotatable bonds is 1. The minimum absolute atomic E-state index is 0.710. The number of nitrogens with two attached hydrogens (primary N) is 1. The Hall–Kier alpha value is -1.35. The molecule has 0 aliphatic carbocycles. The second-order valence-electron chi connectivity index (χ2n) is 3.46. The monoisotopic (exact) mass is 262 g/mol. The highest BCUT2D eigenvalue weighted by atomic mass is 79.9. The molecule has 76 valence electrons. The lowest BCUT2D eigenvalue weighted by Crippen LogP contribution is -1.90. The number of pyridine rings is 1. The molecule has 0 saturated carbocycles. The lowest BCUT2D eigenvalue weighted by molar-refractivity contribution is 1.30. The molecule has 0 aliphatic rings. The highest BCUT2D eigenvalue weighted by molar-refractivity contribution is 9.10. The van der Waals surface area contributed by atoms with Crippen molar-refractivity contribution < 1.29 is 0 Å². The first-order chi connectivity index (χ1) is 7.16. The first-order valence-corrected chi connectivity index (χ1v) is 5.44. The van der Waals surface area contributed by atoms with Crippen LogP contribution in [0.5, 0.6) is 0 Å². The third kappa shape index (κ3) is 2.18. The topological polar surface area (TPSA) is 38.9 Å². The summed E-state index contributed by atoms with van der Waals surface area (Å²) in [4.78, 5) is 4.32. The molecule has 1 aromatic carbocycles. The summed E-state index contributed by atoms with van der Waals surface area (Å²) in [5.74, 6) is 0. The minimum Gasteiger partial charge on any atom is -0.398 e. The Kier molecular flexibility index (Phi) is 2.73. The van der Waals surface area contributed by atoms with E-state index in [0.717, 1.165) is 15.7 Å². The van der Waals surface area contributed by atoms with Gasteiger partial charge in [-0.05, 0) is 35.0 Å². The second kappa shape index (κ2) is 4.03. The Labute approximate surface area is 97.3 Å². The number of nitrogens with zero attached hydrogens (tertiary/aromatic N) is 1. The lowest BCUT2D eigenvalue weighted by atomic mass is 10.1. The third-order valence-corrected chi connectivity index (χ3v) is 2.86. The standard InChI is InChI=1S/C12H11BrN2/c1-8-3-2-4-9(5-8)12-6-11(14)10(13)7-15-12/h2-7H,1H3,(H2,14,15). The van der Waals surface area contributed by atoms with Crippen LogP contribution in [0.4, 0.5) is 5.69 Å². The van der Waals surface area contributed by atoms with Gasteiger partial charge in [0, 0.05) is 17.4 Å². The maximum Gasteiger partial charge on any atom is 0.0723 e. The largest absolute Gasteiger partial charge is 0.398 e. The molecule has 2 N–H and O–H groups in total. The van der Waals surface area contributed by atoms with Crippen LogP contribution in [0.1, 0.15) is 5.56 Å². The van der Waals surface area contributed by atoms with Crippen molar-refractivity contribution in [1.29, 1.82) is 0 Å². The number of hydrogen-bond donors (Lipinski definition) is 1. The second-order valence-corrected chi connectivity index (χ2v) is 4.31. The van der Waals surface area contributed by atoms with Crippen LogP contribution in [0.15, 0.2) is 41.0 Å². The van der Waals surface area contributed by atoms with E-state index in [1.54, 1.807) is 6.20 Å². The quantitative estimate of drug-likeness (QED) is 0.856. The average Bonchev–Trinajstić information content (AvgIpc) is 2.22. The Balaban J connectivity index is 2.50. The van der Waals surface area contributed by atoms with Gasteiger partial charge < -0.3 is 5.73 Å².